The Balaban J connectivity index is 2.57. The van der Waals surface area contributed by atoms with Crippen LogP contribution in [0.4, 0.5) is 0 Å². The number of hydrogen-bond acceptors (Lipinski definition) is 3. The van der Waals surface area contributed by atoms with Gasteiger partial charge in [0, 0.05) is 17.2 Å². The van der Waals surface area contributed by atoms with Crippen molar-refractivity contribution in [3.8, 4) is 17.2 Å². The number of nitrogens with zero attached hydrogens (tertiary/aromatic N) is 1. The Labute approximate surface area is 107 Å². The minimum atomic E-state index is -1.10. The molecule has 0 aliphatic rings. The molecule has 0 unspecified atom stereocenters. The predicted molar refractivity (Wildman–Crippen MR) is 71.5 cm³/mol. The molecule has 0 saturated carbocycles. The van der Waals surface area contributed by atoms with E-state index in [1.165, 1.54) is 16.9 Å². The van der Waals surface area contributed by atoms with E-state index in [9.17, 15) is 9.47 Å². The van der Waals surface area contributed by atoms with Crippen LogP contribution in [0.1, 0.15) is 11.1 Å². The number of rotatable bonds is 2. The van der Waals surface area contributed by atoms with Gasteiger partial charge in [0.1, 0.15) is 10.3 Å². The maximum atomic E-state index is 11.5. The number of nitriles is 1. The van der Waals surface area contributed by atoms with Crippen molar-refractivity contribution in [2.45, 2.75) is 11.1 Å². The summed E-state index contributed by atoms with van der Waals surface area (Å²) >= 11 is 1.39. The summed E-state index contributed by atoms with van der Waals surface area (Å²) < 4.78 is 12.1. The van der Waals surface area contributed by atoms with Crippen molar-refractivity contribution in [1.82, 2.24) is 0 Å². The lowest BCUT2D eigenvalue weighted by atomic mass is 10.0. The zero-order valence-electron chi connectivity index (χ0n) is 9.56. The first kappa shape index (κ1) is 12.0. The Morgan fingerprint density at radius 2 is 1.94 bits per heavy atom. The van der Waals surface area contributed by atoms with Crippen molar-refractivity contribution in [1.29, 1.82) is 5.26 Å². The van der Waals surface area contributed by atoms with Gasteiger partial charge in [0.2, 0.25) is 0 Å². The number of benzene rings is 1. The first-order valence-electron chi connectivity index (χ1n) is 5.05. The molecule has 0 aliphatic heterocycles. The Hall–Kier alpha value is -1.44. The molecule has 0 spiro atoms. The maximum Gasteiger partial charge on any atom is 0.109 e. The SMILES string of the molecule is Cc1ccc(-c2csc([S@@](C)=O)c2C#N)cc1. The van der Waals surface area contributed by atoms with Gasteiger partial charge in [-0.2, -0.15) is 5.26 Å². The van der Waals surface area contributed by atoms with E-state index >= 15 is 0 Å². The van der Waals surface area contributed by atoms with Crippen LogP contribution in [-0.4, -0.2) is 10.5 Å². The highest BCUT2D eigenvalue weighted by atomic mass is 32.2. The van der Waals surface area contributed by atoms with Crippen LogP contribution in [0.25, 0.3) is 11.1 Å². The van der Waals surface area contributed by atoms with Gasteiger partial charge in [0.15, 0.2) is 0 Å². The van der Waals surface area contributed by atoms with Crippen LogP contribution in [0.5, 0.6) is 0 Å². The van der Waals surface area contributed by atoms with Crippen molar-refractivity contribution in [3.05, 3.63) is 40.8 Å². The van der Waals surface area contributed by atoms with E-state index in [0.29, 0.717) is 9.77 Å². The van der Waals surface area contributed by atoms with Crippen molar-refractivity contribution in [2.75, 3.05) is 6.26 Å². The van der Waals surface area contributed by atoms with Gasteiger partial charge in [-0.25, -0.2) is 0 Å². The van der Waals surface area contributed by atoms with E-state index in [0.717, 1.165) is 11.1 Å². The molecule has 1 aromatic heterocycles. The number of hydrogen-bond donors (Lipinski definition) is 0. The highest BCUT2D eigenvalue weighted by Crippen LogP contribution is 2.32. The third kappa shape index (κ3) is 2.31. The van der Waals surface area contributed by atoms with Crippen molar-refractivity contribution >= 4 is 22.1 Å². The second-order valence-electron chi connectivity index (χ2n) is 3.74. The molecule has 4 heteroatoms. The quantitative estimate of drug-likeness (QED) is 0.832. The fourth-order valence-electron chi connectivity index (χ4n) is 1.60. The lowest BCUT2D eigenvalue weighted by Gasteiger charge is -2.00. The van der Waals surface area contributed by atoms with Gasteiger partial charge in [-0.3, -0.25) is 4.21 Å². The zero-order chi connectivity index (χ0) is 12.4. The molecule has 0 N–H and O–H groups in total. The topological polar surface area (TPSA) is 40.9 Å². The standard InChI is InChI=1S/C13H11NOS2/c1-9-3-5-10(6-4-9)12-8-16-13(17(2)15)11(12)7-14/h3-6,8H,1-2H3/t17-/m1/s1. The molecule has 0 bridgehead atoms. The van der Waals surface area contributed by atoms with E-state index < -0.39 is 10.8 Å². The van der Waals surface area contributed by atoms with E-state index in [1.54, 1.807) is 6.26 Å². The van der Waals surface area contributed by atoms with Crippen LogP contribution >= 0.6 is 11.3 Å². The predicted octanol–water partition coefficient (Wildman–Crippen LogP) is 3.33. The summed E-state index contributed by atoms with van der Waals surface area (Å²) in [6.07, 6.45) is 1.60. The van der Waals surface area contributed by atoms with Gasteiger partial charge >= 0.3 is 0 Å². The minimum absolute atomic E-state index is 0.541. The first-order valence-corrected chi connectivity index (χ1v) is 7.49. The van der Waals surface area contributed by atoms with Crippen molar-refractivity contribution in [2.24, 2.45) is 0 Å². The number of thiophene rings is 1. The molecule has 0 aliphatic carbocycles. The maximum absolute atomic E-state index is 11.5. The molecule has 1 aromatic carbocycles. The molecule has 0 fully saturated rings. The molecule has 2 aromatic rings. The molecule has 0 radical (unpaired) electrons. The molecule has 2 nitrogen and oxygen atoms in total. The van der Waals surface area contributed by atoms with Crippen LogP contribution in [0, 0.1) is 18.3 Å². The first-order chi connectivity index (χ1) is 8.13. The molecule has 1 heterocycles. The molecular weight excluding hydrogens is 250 g/mol. The van der Waals surface area contributed by atoms with Crippen molar-refractivity contribution in [3.63, 3.8) is 0 Å². The fraction of sp³-hybridized carbons (Fsp3) is 0.154. The summed E-state index contributed by atoms with van der Waals surface area (Å²) in [6, 6.07) is 10.2. The van der Waals surface area contributed by atoms with E-state index in [-0.39, 0.29) is 0 Å². The molecule has 2 rings (SSSR count). The fourth-order valence-corrected chi connectivity index (χ4v) is 3.48. The average Bonchev–Trinajstić information content (AvgIpc) is 2.73. The lowest BCUT2D eigenvalue weighted by Crippen LogP contribution is -1.88. The van der Waals surface area contributed by atoms with Gasteiger partial charge in [0.05, 0.1) is 16.4 Å². The van der Waals surface area contributed by atoms with Gasteiger partial charge in [0.25, 0.3) is 0 Å². The summed E-state index contributed by atoms with van der Waals surface area (Å²) in [5, 5.41) is 11.1. The van der Waals surface area contributed by atoms with Crippen LogP contribution in [0.15, 0.2) is 33.9 Å². The van der Waals surface area contributed by atoms with E-state index in [4.69, 9.17) is 0 Å². The molecule has 0 saturated heterocycles. The van der Waals surface area contributed by atoms with Gasteiger partial charge in [-0.05, 0) is 12.5 Å². The Morgan fingerprint density at radius 1 is 1.29 bits per heavy atom. The second-order valence-corrected chi connectivity index (χ2v) is 6.20. The third-order valence-electron chi connectivity index (χ3n) is 2.49. The largest absolute Gasteiger partial charge is 0.254 e. The molecule has 0 amide bonds. The van der Waals surface area contributed by atoms with Crippen LogP contribution in [-0.2, 0) is 10.8 Å². The molecule has 86 valence electrons. The highest BCUT2D eigenvalue weighted by molar-refractivity contribution is 7.86. The normalized spacial score (nSPS) is 12.1. The van der Waals surface area contributed by atoms with Gasteiger partial charge in [-0.1, -0.05) is 29.8 Å². The monoisotopic (exact) mass is 261 g/mol. The van der Waals surface area contributed by atoms with E-state index in [1.807, 2.05) is 36.6 Å². The Bertz CT molecular complexity index is 605. The smallest absolute Gasteiger partial charge is 0.109 e. The second kappa shape index (κ2) is 4.82. The molecule has 1 atom stereocenters. The Kier molecular flexibility index (Phi) is 3.41. The number of aryl methyl sites for hydroxylation is 1. The van der Waals surface area contributed by atoms with Crippen LogP contribution in [0.3, 0.4) is 0 Å². The zero-order valence-corrected chi connectivity index (χ0v) is 11.2. The Morgan fingerprint density at radius 3 is 2.47 bits per heavy atom. The van der Waals surface area contributed by atoms with Gasteiger partial charge < -0.3 is 0 Å². The highest BCUT2D eigenvalue weighted by Gasteiger charge is 2.15. The van der Waals surface area contributed by atoms with Gasteiger partial charge in [-0.15, -0.1) is 11.3 Å². The average molecular weight is 261 g/mol. The van der Waals surface area contributed by atoms with Crippen LogP contribution in [0.2, 0.25) is 0 Å². The summed E-state index contributed by atoms with van der Waals surface area (Å²) in [4.78, 5) is 0. The molecular formula is C13H11NOS2. The summed E-state index contributed by atoms with van der Waals surface area (Å²) in [6.45, 7) is 2.02. The summed E-state index contributed by atoms with van der Waals surface area (Å²) in [5.74, 6) is 0. The third-order valence-corrected chi connectivity index (χ3v) is 4.98. The minimum Gasteiger partial charge on any atom is -0.254 e. The summed E-state index contributed by atoms with van der Waals surface area (Å²) in [5.41, 5.74) is 3.60. The van der Waals surface area contributed by atoms with Crippen molar-refractivity contribution < 1.29 is 4.21 Å². The lowest BCUT2D eigenvalue weighted by molar-refractivity contribution is 0.688. The molecule has 17 heavy (non-hydrogen) atoms. The summed E-state index contributed by atoms with van der Waals surface area (Å²) in [7, 11) is -1.10. The van der Waals surface area contributed by atoms with E-state index in [2.05, 4.69) is 6.07 Å². The van der Waals surface area contributed by atoms with Crippen LogP contribution < -0.4 is 0 Å².